The molecule has 0 saturated heterocycles. The number of esters is 4. The Bertz CT molecular complexity index is 2360. The van der Waals surface area contributed by atoms with E-state index in [0.29, 0.717) is 32.1 Å². The molecular weight excluding hydrogens is 1330 g/mol. The van der Waals surface area contributed by atoms with Gasteiger partial charge in [0.2, 0.25) is 0 Å². The van der Waals surface area contributed by atoms with Crippen molar-refractivity contribution in [3.05, 3.63) is 109 Å². The largest absolute Gasteiger partial charge is 0.472 e. The average Bonchev–Trinajstić information content (AvgIpc) is 0.923. The van der Waals surface area contributed by atoms with E-state index in [0.717, 1.165) is 154 Å². The van der Waals surface area contributed by atoms with Crippen LogP contribution in [0.5, 0.6) is 0 Å². The summed E-state index contributed by atoms with van der Waals surface area (Å²) in [4.78, 5) is 73.0. The fourth-order valence-electron chi connectivity index (χ4n) is 10.5. The molecule has 588 valence electrons. The number of aliphatic hydroxyl groups excluding tert-OH is 1. The number of carbonyl (C=O) groups excluding carboxylic acids is 4. The first kappa shape index (κ1) is 97.7. The molecule has 0 rings (SSSR count). The van der Waals surface area contributed by atoms with E-state index in [4.69, 9.17) is 37.0 Å². The van der Waals surface area contributed by atoms with E-state index in [1.54, 1.807) is 0 Å². The minimum absolute atomic E-state index is 0.0660. The van der Waals surface area contributed by atoms with Crippen LogP contribution in [0.4, 0.5) is 0 Å². The van der Waals surface area contributed by atoms with Gasteiger partial charge in [0.25, 0.3) is 0 Å². The smallest absolute Gasteiger partial charge is 0.462 e. The van der Waals surface area contributed by atoms with Crippen LogP contribution in [0, 0.1) is 0 Å². The summed E-state index contributed by atoms with van der Waals surface area (Å²) < 4.78 is 68.5. The topological polar surface area (TPSA) is 237 Å². The summed E-state index contributed by atoms with van der Waals surface area (Å²) in [7, 11) is -9.98. The maximum absolute atomic E-state index is 13.1. The molecule has 19 heteroatoms. The summed E-state index contributed by atoms with van der Waals surface area (Å²) in [5.41, 5.74) is 0. The van der Waals surface area contributed by atoms with E-state index < -0.39 is 97.5 Å². The monoisotopic (exact) mass is 1470 g/mol. The number of aliphatic hydroxyl groups is 1. The van der Waals surface area contributed by atoms with E-state index in [2.05, 4.69) is 125 Å². The first-order chi connectivity index (χ1) is 49.7. The minimum Gasteiger partial charge on any atom is -0.462 e. The number of hydrogen-bond donors (Lipinski definition) is 3. The first-order valence-corrected chi connectivity index (χ1v) is 43.1. The zero-order valence-corrected chi connectivity index (χ0v) is 66.0. The lowest BCUT2D eigenvalue weighted by Gasteiger charge is -2.21. The quantitative estimate of drug-likeness (QED) is 0.0169. The molecule has 3 N–H and O–H groups in total. The van der Waals surface area contributed by atoms with Gasteiger partial charge >= 0.3 is 39.5 Å². The van der Waals surface area contributed by atoms with Crippen molar-refractivity contribution < 1.29 is 80.2 Å². The van der Waals surface area contributed by atoms with Crippen molar-refractivity contribution in [3.8, 4) is 0 Å². The maximum atomic E-state index is 13.1. The second-order valence-corrected chi connectivity index (χ2v) is 29.5. The molecule has 0 aliphatic carbocycles. The van der Waals surface area contributed by atoms with Gasteiger partial charge < -0.3 is 33.8 Å². The van der Waals surface area contributed by atoms with Crippen LogP contribution < -0.4 is 0 Å². The number of phosphoric acid groups is 2. The van der Waals surface area contributed by atoms with Gasteiger partial charge in [-0.25, -0.2) is 9.13 Å². The van der Waals surface area contributed by atoms with E-state index in [1.807, 2.05) is 12.2 Å². The highest BCUT2D eigenvalue weighted by Gasteiger charge is 2.30. The highest BCUT2D eigenvalue weighted by atomic mass is 31.2. The third-order valence-electron chi connectivity index (χ3n) is 16.7. The Morgan fingerprint density at radius 3 is 0.804 bits per heavy atom. The summed E-state index contributed by atoms with van der Waals surface area (Å²) in [5.74, 6) is -2.27. The van der Waals surface area contributed by atoms with E-state index in [9.17, 15) is 43.2 Å². The second kappa shape index (κ2) is 75.0. The van der Waals surface area contributed by atoms with Crippen LogP contribution in [0.2, 0.25) is 0 Å². The number of unbranched alkanes of at least 4 members (excludes halogenated alkanes) is 31. The van der Waals surface area contributed by atoms with Gasteiger partial charge in [0.15, 0.2) is 12.2 Å². The lowest BCUT2D eigenvalue weighted by molar-refractivity contribution is -0.161. The van der Waals surface area contributed by atoms with Crippen molar-refractivity contribution in [1.29, 1.82) is 0 Å². The Morgan fingerprint density at radius 2 is 0.490 bits per heavy atom. The van der Waals surface area contributed by atoms with Crippen LogP contribution in [-0.2, 0) is 65.4 Å². The normalized spacial score (nSPS) is 14.5. The van der Waals surface area contributed by atoms with Crippen LogP contribution in [0.1, 0.15) is 336 Å². The van der Waals surface area contributed by atoms with E-state index in [-0.39, 0.29) is 25.7 Å². The number of carbonyl (C=O) groups is 4. The second-order valence-electron chi connectivity index (χ2n) is 26.6. The molecule has 0 saturated carbocycles. The van der Waals surface area contributed by atoms with Crippen molar-refractivity contribution in [2.24, 2.45) is 0 Å². The Kier molecular flexibility index (Phi) is 71.8. The van der Waals surface area contributed by atoms with Crippen molar-refractivity contribution in [2.75, 3.05) is 39.6 Å². The van der Waals surface area contributed by atoms with E-state index >= 15 is 0 Å². The van der Waals surface area contributed by atoms with Crippen molar-refractivity contribution >= 4 is 39.5 Å². The van der Waals surface area contributed by atoms with Gasteiger partial charge in [-0.2, -0.15) is 0 Å². The molecule has 102 heavy (non-hydrogen) atoms. The molecule has 0 aromatic rings. The molecule has 2 unspecified atom stereocenters. The van der Waals surface area contributed by atoms with Gasteiger partial charge in [0.1, 0.15) is 19.3 Å². The summed E-state index contributed by atoms with van der Waals surface area (Å²) in [6.07, 6.45) is 80.7. The van der Waals surface area contributed by atoms with Gasteiger partial charge in [0.05, 0.1) is 26.4 Å². The number of ether oxygens (including phenoxy) is 4. The lowest BCUT2D eigenvalue weighted by Crippen LogP contribution is -2.30. The molecule has 0 aromatic carbocycles. The Morgan fingerprint density at radius 1 is 0.275 bits per heavy atom. The molecule has 0 spiro atoms. The zero-order chi connectivity index (χ0) is 74.6. The Hall–Kier alpha value is -4.28. The molecule has 0 bridgehead atoms. The number of hydrogen-bond acceptors (Lipinski definition) is 15. The van der Waals surface area contributed by atoms with Crippen molar-refractivity contribution in [3.63, 3.8) is 0 Å². The lowest BCUT2D eigenvalue weighted by atomic mass is 10.1. The molecular formula is C83H144O17P2. The Labute approximate surface area is 619 Å². The van der Waals surface area contributed by atoms with Crippen LogP contribution in [0.25, 0.3) is 0 Å². The van der Waals surface area contributed by atoms with Crippen LogP contribution in [-0.4, -0.2) is 96.7 Å². The van der Waals surface area contributed by atoms with Gasteiger partial charge in [0, 0.05) is 25.7 Å². The number of phosphoric ester groups is 2. The molecule has 0 heterocycles. The highest BCUT2D eigenvalue weighted by Crippen LogP contribution is 2.45. The molecule has 0 aliphatic rings. The standard InChI is InChI=1S/C83H144O17P2/c1-5-9-13-17-21-25-29-33-37-38-42-44-48-52-56-60-64-68-81(86)94-74-79(100-83(88)70-66-62-58-54-50-46-41-36-32-28-24-20-16-12-8-4)76-98-102(91,92)96-72-77(84)71-95-101(89,90)97-75-78(99-82(87)69-65-61-57-53-49-45-40-35-31-27-23-19-15-11-7-3)73-93-80(85)67-63-59-55-51-47-43-39-34-30-26-22-18-14-10-6-2/h21-22,24-26,28,33-37,39-42,44,52,56,77-79,84H,5-20,23,27,29-32,38,43,45-51,53-55,57-76H2,1-4H3,(H,89,90)(H,91,92)/b25-21-,26-22-,28-24-,37-33-,39-34-,40-35-,41-36-,44-42-,56-52-/t77-,78+,79+/m0/s1. The highest BCUT2D eigenvalue weighted by molar-refractivity contribution is 7.47. The summed E-state index contributed by atoms with van der Waals surface area (Å²) in [6.45, 7) is 4.71. The van der Waals surface area contributed by atoms with Gasteiger partial charge in [-0.15, -0.1) is 0 Å². The number of rotatable bonds is 75. The van der Waals surface area contributed by atoms with Gasteiger partial charge in [-0.1, -0.05) is 265 Å². The zero-order valence-electron chi connectivity index (χ0n) is 64.3. The minimum atomic E-state index is -4.99. The molecule has 0 radical (unpaired) electrons. The van der Waals surface area contributed by atoms with Crippen LogP contribution in [0.15, 0.2) is 109 Å². The van der Waals surface area contributed by atoms with Crippen molar-refractivity contribution in [1.82, 2.24) is 0 Å². The van der Waals surface area contributed by atoms with Crippen LogP contribution in [0.3, 0.4) is 0 Å². The summed E-state index contributed by atoms with van der Waals surface area (Å²) in [6, 6.07) is 0. The summed E-state index contributed by atoms with van der Waals surface area (Å²) in [5, 5.41) is 10.6. The molecule has 0 aliphatic heterocycles. The SMILES string of the molecule is CCCCC/C=C\C/C=C\C/C=C\C/C=C\CCCC(=O)OC[C@H](COP(=O)(O)OC[C@@H](O)COP(=O)(O)OC[C@@H](COC(=O)CCCCCCC/C=C\C/C=C\CCCCC)OC(=O)CCCCCCC/C=C\CCCCCCCC)OC(=O)CCCCCCC/C=C\C/C=C\CCCCC. The average molecular weight is 1480 g/mol. The van der Waals surface area contributed by atoms with Gasteiger partial charge in [-0.3, -0.25) is 37.3 Å². The first-order valence-electron chi connectivity index (χ1n) is 40.1. The third kappa shape index (κ3) is 74.0. The predicted molar refractivity (Wildman–Crippen MR) is 418 cm³/mol. The molecule has 0 aromatic heterocycles. The maximum Gasteiger partial charge on any atom is 0.472 e. The number of allylic oxidation sites excluding steroid dienone is 18. The van der Waals surface area contributed by atoms with Crippen LogP contribution >= 0.6 is 15.6 Å². The van der Waals surface area contributed by atoms with Crippen molar-refractivity contribution in [2.45, 2.75) is 354 Å². The predicted octanol–water partition coefficient (Wildman–Crippen LogP) is 23.3. The van der Waals surface area contributed by atoms with Gasteiger partial charge in [-0.05, 0) is 154 Å². The molecule has 5 atom stereocenters. The fraction of sp³-hybridized carbons (Fsp3) is 0.735. The molecule has 0 amide bonds. The molecule has 0 fully saturated rings. The fourth-order valence-corrected chi connectivity index (χ4v) is 12.1. The Balaban J connectivity index is 5.43. The summed E-state index contributed by atoms with van der Waals surface area (Å²) >= 11 is 0. The van der Waals surface area contributed by atoms with E-state index in [1.165, 1.54) is 96.3 Å². The molecule has 17 nitrogen and oxygen atoms in total. The third-order valence-corrected chi connectivity index (χ3v) is 18.6.